The van der Waals surface area contributed by atoms with Gasteiger partial charge >= 0.3 is 5.69 Å². The molecule has 1 aromatic heterocycles. The zero-order valence-electron chi connectivity index (χ0n) is 10.5. The maximum absolute atomic E-state index is 11.0. The van der Waals surface area contributed by atoms with Gasteiger partial charge < -0.3 is 4.90 Å². The van der Waals surface area contributed by atoms with Crippen molar-refractivity contribution < 1.29 is 4.92 Å². The van der Waals surface area contributed by atoms with Crippen LogP contribution in [0.5, 0.6) is 0 Å². The molecule has 0 aromatic carbocycles. The van der Waals surface area contributed by atoms with Gasteiger partial charge in [-0.1, -0.05) is 11.6 Å². The molecule has 0 N–H and O–H groups in total. The highest BCUT2D eigenvalue weighted by Crippen LogP contribution is 2.31. The molecule has 0 radical (unpaired) electrons. The summed E-state index contributed by atoms with van der Waals surface area (Å²) in [4.78, 5) is 19.8. The molecule has 1 atom stereocenters. The molecule has 0 aliphatic carbocycles. The molecular formula is C10H15ClN4O2S. The zero-order valence-corrected chi connectivity index (χ0v) is 12.0. The molecule has 1 rings (SSSR count). The van der Waals surface area contributed by atoms with Gasteiger partial charge in [0.05, 0.1) is 4.92 Å². The Kier molecular flexibility index (Phi) is 5.61. The van der Waals surface area contributed by atoms with Crippen molar-refractivity contribution in [2.24, 2.45) is 0 Å². The average Bonchev–Trinajstić information content (AvgIpc) is 2.34. The van der Waals surface area contributed by atoms with Gasteiger partial charge in [-0.2, -0.15) is 11.8 Å². The second-order valence-corrected chi connectivity index (χ2v) is 5.18. The third-order valence-electron chi connectivity index (χ3n) is 2.68. The maximum atomic E-state index is 11.0. The minimum absolute atomic E-state index is 0.131. The van der Waals surface area contributed by atoms with Crippen LogP contribution in [0.4, 0.5) is 11.5 Å². The lowest BCUT2D eigenvalue weighted by molar-refractivity contribution is -0.384. The Morgan fingerprint density at radius 1 is 1.61 bits per heavy atom. The Hall–Kier alpha value is -1.08. The van der Waals surface area contributed by atoms with Crippen LogP contribution in [0.2, 0.25) is 5.15 Å². The second-order valence-electron chi connectivity index (χ2n) is 3.84. The summed E-state index contributed by atoms with van der Waals surface area (Å²) < 4.78 is 0. The van der Waals surface area contributed by atoms with Crippen molar-refractivity contribution in [3.8, 4) is 0 Å². The highest BCUT2D eigenvalue weighted by Gasteiger charge is 2.26. The number of halogens is 1. The fourth-order valence-corrected chi connectivity index (χ4v) is 2.23. The smallest absolute Gasteiger partial charge is 0.348 e. The monoisotopic (exact) mass is 290 g/mol. The predicted octanol–water partition coefficient (Wildman–Crippen LogP) is 2.62. The molecule has 1 heterocycles. The van der Waals surface area contributed by atoms with E-state index < -0.39 is 4.92 Å². The van der Waals surface area contributed by atoms with E-state index >= 15 is 0 Å². The number of aromatic nitrogens is 2. The molecule has 0 aliphatic heterocycles. The zero-order chi connectivity index (χ0) is 13.7. The van der Waals surface area contributed by atoms with Crippen LogP contribution in [0.25, 0.3) is 0 Å². The van der Waals surface area contributed by atoms with Crippen LogP contribution in [0, 0.1) is 10.1 Å². The number of thioether (sulfide) groups is 1. The minimum Gasteiger partial charge on any atom is -0.351 e. The van der Waals surface area contributed by atoms with Gasteiger partial charge in [0.2, 0.25) is 11.0 Å². The van der Waals surface area contributed by atoms with Crippen molar-refractivity contribution in [2.75, 3.05) is 24.0 Å². The third kappa shape index (κ3) is 3.46. The van der Waals surface area contributed by atoms with E-state index in [1.807, 2.05) is 13.2 Å². The van der Waals surface area contributed by atoms with Crippen LogP contribution < -0.4 is 4.90 Å². The molecule has 100 valence electrons. The molecule has 0 saturated carbocycles. The van der Waals surface area contributed by atoms with E-state index in [1.165, 1.54) is 6.33 Å². The van der Waals surface area contributed by atoms with E-state index in [2.05, 4.69) is 9.97 Å². The number of anilines is 1. The molecule has 18 heavy (non-hydrogen) atoms. The molecule has 0 spiro atoms. The van der Waals surface area contributed by atoms with Crippen molar-refractivity contribution in [2.45, 2.75) is 19.4 Å². The van der Waals surface area contributed by atoms with E-state index in [0.717, 1.165) is 12.2 Å². The van der Waals surface area contributed by atoms with Gasteiger partial charge in [-0.15, -0.1) is 0 Å². The van der Waals surface area contributed by atoms with Gasteiger partial charge in [-0.25, -0.2) is 9.97 Å². The Morgan fingerprint density at radius 2 is 2.28 bits per heavy atom. The van der Waals surface area contributed by atoms with E-state index in [9.17, 15) is 10.1 Å². The fraction of sp³-hybridized carbons (Fsp3) is 0.600. The maximum Gasteiger partial charge on any atom is 0.348 e. The van der Waals surface area contributed by atoms with Crippen molar-refractivity contribution in [3.05, 3.63) is 21.6 Å². The molecule has 0 saturated heterocycles. The SMILES string of the molecule is CSCCC(C)N(C)c1ncnc(Cl)c1[N+](=O)[O-]. The molecule has 8 heteroatoms. The first-order chi connectivity index (χ1) is 8.49. The van der Waals surface area contributed by atoms with Gasteiger partial charge in [-0.05, 0) is 25.4 Å². The predicted molar refractivity (Wildman–Crippen MR) is 74.6 cm³/mol. The van der Waals surface area contributed by atoms with E-state index in [-0.39, 0.29) is 22.7 Å². The highest BCUT2D eigenvalue weighted by molar-refractivity contribution is 7.98. The van der Waals surface area contributed by atoms with Crippen LogP contribution in [0.3, 0.4) is 0 Å². The van der Waals surface area contributed by atoms with Crippen molar-refractivity contribution in [3.63, 3.8) is 0 Å². The topological polar surface area (TPSA) is 72.2 Å². The molecular weight excluding hydrogens is 276 g/mol. The quantitative estimate of drug-likeness (QED) is 0.455. The summed E-state index contributed by atoms with van der Waals surface area (Å²) in [6.45, 7) is 2.00. The Labute approximate surface area is 115 Å². The standard InChI is InChI=1S/C10H15ClN4O2S/c1-7(4-5-18-3)14(2)10-8(15(16)17)9(11)12-6-13-10/h6-7H,4-5H2,1-3H3. The number of hydrogen-bond acceptors (Lipinski definition) is 6. The molecule has 0 fully saturated rings. The highest BCUT2D eigenvalue weighted by atomic mass is 35.5. The van der Waals surface area contributed by atoms with E-state index in [0.29, 0.717) is 0 Å². The second kappa shape index (κ2) is 6.75. The van der Waals surface area contributed by atoms with E-state index in [4.69, 9.17) is 11.6 Å². The van der Waals surface area contributed by atoms with Crippen molar-refractivity contribution in [1.29, 1.82) is 0 Å². The van der Waals surface area contributed by atoms with Gasteiger partial charge in [0.15, 0.2) is 0 Å². The molecule has 0 aliphatic rings. The lowest BCUT2D eigenvalue weighted by Crippen LogP contribution is -2.30. The van der Waals surface area contributed by atoms with Crippen LogP contribution in [0.1, 0.15) is 13.3 Å². The van der Waals surface area contributed by atoms with E-state index in [1.54, 1.807) is 23.7 Å². The molecule has 6 nitrogen and oxygen atoms in total. The van der Waals surface area contributed by atoms with Crippen LogP contribution in [0.15, 0.2) is 6.33 Å². The summed E-state index contributed by atoms with van der Waals surface area (Å²) in [7, 11) is 1.77. The lowest BCUT2D eigenvalue weighted by Gasteiger charge is -2.25. The number of hydrogen-bond donors (Lipinski definition) is 0. The van der Waals surface area contributed by atoms with Crippen LogP contribution in [-0.2, 0) is 0 Å². The first kappa shape index (κ1) is 15.0. The molecule has 0 bridgehead atoms. The van der Waals surface area contributed by atoms with Gasteiger partial charge in [0.1, 0.15) is 6.33 Å². The Bertz CT molecular complexity index is 432. The van der Waals surface area contributed by atoms with Gasteiger partial charge in [0.25, 0.3) is 0 Å². The molecule has 1 unspecified atom stereocenters. The van der Waals surface area contributed by atoms with Crippen LogP contribution >= 0.6 is 23.4 Å². The average molecular weight is 291 g/mol. The first-order valence-electron chi connectivity index (χ1n) is 5.35. The fourth-order valence-electron chi connectivity index (χ4n) is 1.45. The summed E-state index contributed by atoms with van der Waals surface area (Å²) in [5, 5.41) is 10.9. The summed E-state index contributed by atoms with van der Waals surface area (Å²) in [5.41, 5.74) is -0.238. The number of nitro groups is 1. The molecule has 0 amide bonds. The Balaban J connectivity index is 3.01. The largest absolute Gasteiger partial charge is 0.351 e. The summed E-state index contributed by atoms with van der Waals surface area (Å²) in [6, 6.07) is 0.141. The van der Waals surface area contributed by atoms with Gasteiger partial charge in [0, 0.05) is 13.1 Å². The first-order valence-corrected chi connectivity index (χ1v) is 7.12. The van der Waals surface area contributed by atoms with Crippen molar-refractivity contribution >= 4 is 34.9 Å². The third-order valence-corrected chi connectivity index (χ3v) is 3.60. The summed E-state index contributed by atoms with van der Waals surface area (Å²) >= 11 is 7.49. The number of nitrogens with zero attached hydrogens (tertiary/aromatic N) is 4. The molecule has 1 aromatic rings. The van der Waals surface area contributed by atoms with Crippen LogP contribution in [-0.4, -0.2) is 40.0 Å². The lowest BCUT2D eigenvalue weighted by atomic mass is 10.2. The number of rotatable bonds is 6. The minimum atomic E-state index is -0.546. The summed E-state index contributed by atoms with van der Waals surface area (Å²) in [5.74, 6) is 1.24. The summed E-state index contributed by atoms with van der Waals surface area (Å²) in [6.07, 6.45) is 4.18. The van der Waals surface area contributed by atoms with Gasteiger partial charge in [-0.3, -0.25) is 10.1 Å². The van der Waals surface area contributed by atoms with Crippen molar-refractivity contribution in [1.82, 2.24) is 9.97 Å². The Morgan fingerprint density at radius 3 is 2.83 bits per heavy atom. The normalized spacial score (nSPS) is 12.2.